The van der Waals surface area contributed by atoms with E-state index < -0.39 is 29.7 Å². The van der Waals surface area contributed by atoms with Crippen LogP contribution in [0.5, 0.6) is 0 Å². The number of benzene rings is 1. The normalized spacial score (nSPS) is 20.6. The van der Waals surface area contributed by atoms with Crippen LogP contribution in [-0.4, -0.2) is 61.7 Å². The molecular weight excluding hydrogens is 458 g/mol. The lowest BCUT2D eigenvalue weighted by atomic mass is 9.78. The number of nitriles is 1. The number of hydrogen-bond donors (Lipinski definition) is 1. The summed E-state index contributed by atoms with van der Waals surface area (Å²) in [7, 11) is 2.44. The number of methoxy groups -OCH3 is 2. The van der Waals surface area contributed by atoms with Crippen molar-refractivity contribution in [2.24, 2.45) is 5.92 Å². The van der Waals surface area contributed by atoms with Gasteiger partial charge in [0.25, 0.3) is 0 Å². The first-order valence-corrected chi connectivity index (χ1v) is 12.0. The highest BCUT2D eigenvalue weighted by molar-refractivity contribution is 8.03. The number of allylic oxidation sites excluding steroid dienone is 1. The number of ether oxygens (including phenoxy) is 2. The van der Waals surface area contributed by atoms with Gasteiger partial charge >= 0.3 is 11.9 Å². The van der Waals surface area contributed by atoms with Crippen molar-refractivity contribution in [3.8, 4) is 6.07 Å². The third kappa shape index (κ3) is 5.59. The molecule has 1 fully saturated rings. The summed E-state index contributed by atoms with van der Waals surface area (Å²) < 4.78 is 9.54. The lowest BCUT2D eigenvalue weighted by molar-refractivity contribution is -0.150. The van der Waals surface area contributed by atoms with Crippen molar-refractivity contribution in [2.75, 3.05) is 33.1 Å². The number of amides is 2. The number of likely N-dealkylation sites (tertiary alicyclic amines) is 1. The molecule has 0 aliphatic carbocycles. The van der Waals surface area contributed by atoms with Crippen LogP contribution in [0.2, 0.25) is 0 Å². The second-order valence-corrected chi connectivity index (χ2v) is 9.01. The van der Waals surface area contributed by atoms with Crippen molar-refractivity contribution in [1.82, 2.24) is 10.2 Å². The van der Waals surface area contributed by atoms with Gasteiger partial charge in [-0.2, -0.15) is 5.26 Å². The fraction of sp³-hybridized carbons (Fsp3) is 0.458. The summed E-state index contributed by atoms with van der Waals surface area (Å²) in [5, 5.41) is 12.9. The summed E-state index contributed by atoms with van der Waals surface area (Å²) in [5.74, 6) is -4.12. The van der Waals surface area contributed by atoms with Gasteiger partial charge in [0.1, 0.15) is 5.92 Å². The molecule has 0 unspecified atom stereocenters. The minimum absolute atomic E-state index is 0.0555. The van der Waals surface area contributed by atoms with Crippen molar-refractivity contribution in [1.29, 1.82) is 5.26 Å². The zero-order valence-electron chi connectivity index (χ0n) is 19.2. The van der Waals surface area contributed by atoms with Gasteiger partial charge in [0.15, 0.2) is 0 Å². The van der Waals surface area contributed by atoms with Crippen molar-refractivity contribution in [3.63, 3.8) is 0 Å². The van der Waals surface area contributed by atoms with Crippen LogP contribution in [0.25, 0.3) is 0 Å². The van der Waals surface area contributed by atoms with Gasteiger partial charge in [-0.25, -0.2) is 4.79 Å². The Morgan fingerprint density at radius 3 is 2.29 bits per heavy atom. The van der Waals surface area contributed by atoms with E-state index in [1.807, 2.05) is 4.90 Å². The quantitative estimate of drug-likeness (QED) is 0.481. The van der Waals surface area contributed by atoms with Crippen LogP contribution < -0.4 is 5.32 Å². The van der Waals surface area contributed by atoms with Crippen LogP contribution in [0, 0.1) is 17.2 Å². The third-order valence-electron chi connectivity index (χ3n) is 5.97. The molecule has 180 valence electrons. The predicted molar refractivity (Wildman–Crippen MR) is 124 cm³/mol. The highest BCUT2D eigenvalue weighted by atomic mass is 32.2. The Bertz CT molecular complexity index is 1020. The topological polar surface area (TPSA) is 126 Å². The highest BCUT2D eigenvalue weighted by Gasteiger charge is 2.44. The summed E-state index contributed by atoms with van der Waals surface area (Å²) in [5.41, 5.74) is 0.946. The summed E-state index contributed by atoms with van der Waals surface area (Å²) in [6.07, 6.45) is 4.12. The Hall–Kier alpha value is -3.32. The van der Waals surface area contributed by atoms with Gasteiger partial charge in [0.05, 0.1) is 42.2 Å². The minimum atomic E-state index is -1.28. The van der Waals surface area contributed by atoms with E-state index in [-0.39, 0.29) is 22.3 Å². The van der Waals surface area contributed by atoms with Crippen LogP contribution in [0.1, 0.15) is 47.5 Å². The second kappa shape index (κ2) is 11.7. The van der Waals surface area contributed by atoms with Crippen LogP contribution in [-0.2, 0) is 23.9 Å². The molecule has 1 aromatic carbocycles. The summed E-state index contributed by atoms with van der Waals surface area (Å²) in [4.78, 5) is 51.8. The van der Waals surface area contributed by atoms with E-state index >= 15 is 0 Å². The molecule has 2 amide bonds. The van der Waals surface area contributed by atoms with E-state index in [2.05, 4.69) is 11.4 Å². The molecule has 2 aliphatic rings. The number of nitrogens with one attached hydrogen (secondary N) is 1. The monoisotopic (exact) mass is 485 g/mol. The van der Waals surface area contributed by atoms with E-state index in [0.29, 0.717) is 24.2 Å². The van der Waals surface area contributed by atoms with E-state index in [9.17, 15) is 24.4 Å². The van der Waals surface area contributed by atoms with Gasteiger partial charge in [0.2, 0.25) is 11.8 Å². The molecule has 10 heteroatoms. The Kier molecular flexibility index (Phi) is 8.71. The summed E-state index contributed by atoms with van der Waals surface area (Å²) in [6.45, 7) is 1.41. The molecule has 0 bridgehead atoms. The van der Waals surface area contributed by atoms with Gasteiger partial charge in [0, 0.05) is 19.0 Å². The zero-order valence-corrected chi connectivity index (χ0v) is 20.0. The molecule has 9 nitrogen and oxygen atoms in total. The van der Waals surface area contributed by atoms with Crippen molar-refractivity contribution in [3.05, 3.63) is 46.0 Å². The number of nitrogens with zero attached hydrogens (tertiary/aromatic N) is 2. The van der Waals surface area contributed by atoms with Gasteiger partial charge in [-0.05, 0) is 30.5 Å². The lowest BCUT2D eigenvalue weighted by Crippen LogP contribution is -2.44. The van der Waals surface area contributed by atoms with E-state index in [1.165, 1.54) is 26.4 Å². The molecule has 2 atom stereocenters. The van der Waals surface area contributed by atoms with Crippen molar-refractivity contribution >= 4 is 35.5 Å². The number of esters is 2. The number of hydrogen-bond acceptors (Lipinski definition) is 8. The smallest absolute Gasteiger partial charge is 0.337 e. The van der Waals surface area contributed by atoms with E-state index in [1.54, 1.807) is 12.1 Å². The zero-order chi connectivity index (χ0) is 24.7. The van der Waals surface area contributed by atoms with E-state index in [0.717, 1.165) is 37.4 Å². The number of thioether (sulfide) groups is 1. The number of rotatable bonds is 6. The second-order valence-electron chi connectivity index (χ2n) is 8.02. The Labute approximate surface area is 202 Å². The molecular formula is C24H27N3O6S. The van der Waals surface area contributed by atoms with Gasteiger partial charge < -0.3 is 19.7 Å². The maximum absolute atomic E-state index is 12.9. The SMILES string of the molecule is COC(=O)c1ccc([C@@H]2C(C#N)=C(SCC(=O)N3CCCCCC3)NC(=O)[C@H]2C(=O)OC)cc1. The van der Waals surface area contributed by atoms with Crippen LogP contribution in [0.3, 0.4) is 0 Å². The van der Waals surface area contributed by atoms with Gasteiger partial charge in [-0.15, -0.1) is 0 Å². The average molecular weight is 486 g/mol. The molecule has 2 heterocycles. The van der Waals surface area contributed by atoms with E-state index in [4.69, 9.17) is 9.47 Å². The van der Waals surface area contributed by atoms with Crippen molar-refractivity contribution in [2.45, 2.75) is 31.6 Å². The molecule has 3 rings (SSSR count). The first-order chi connectivity index (χ1) is 16.4. The Morgan fingerprint density at radius 1 is 1.09 bits per heavy atom. The third-order valence-corrected chi connectivity index (χ3v) is 6.98. The lowest BCUT2D eigenvalue weighted by Gasteiger charge is -2.31. The molecule has 0 radical (unpaired) electrons. The standard InChI is InChI=1S/C24H27N3O6S/c1-32-23(30)16-9-7-15(8-10-16)19-17(13-25)22(26-21(29)20(19)24(31)33-2)34-14-18(28)27-11-5-3-4-6-12-27/h7-10,19-20H,3-6,11-12,14H2,1-2H3,(H,26,29)/t19-,20+/m1/s1. The first kappa shape index (κ1) is 25.3. The van der Waals surface area contributed by atoms with Crippen LogP contribution >= 0.6 is 11.8 Å². The molecule has 2 aliphatic heterocycles. The maximum atomic E-state index is 12.9. The first-order valence-electron chi connectivity index (χ1n) is 11.0. The molecule has 1 N–H and O–H groups in total. The Balaban J connectivity index is 1.92. The largest absolute Gasteiger partial charge is 0.468 e. The van der Waals surface area contributed by atoms with Gasteiger partial charge in [-0.3, -0.25) is 14.4 Å². The fourth-order valence-corrected chi connectivity index (χ4v) is 5.12. The average Bonchev–Trinajstić information content (AvgIpc) is 3.15. The van der Waals surface area contributed by atoms with Gasteiger partial charge in [-0.1, -0.05) is 36.7 Å². The molecule has 1 aromatic rings. The van der Waals surface area contributed by atoms with Crippen LogP contribution in [0.15, 0.2) is 34.9 Å². The molecule has 1 saturated heterocycles. The molecule has 0 saturated carbocycles. The summed E-state index contributed by atoms with van der Waals surface area (Å²) >= 11 is 1.08. The highest BCUT2D eigenvalue weighted by Crippen LogP contribution is 2.40. The fourth-order valence-electron chi connectivity index (χ4n) is 4.17. The predicted octanol–water partition coefficient (Wildman–Crippen LogP) is 2.35. The maximum Gasteiger partial charge on any atom is 0.337 e. The van der Waals surface area contributed by atoms with Crippen molar-refractivity contribution < 1.29 is 28.7 Å². The number of carbonyl (C=O) groups excluding carboxylic acids is 4. The summed E-state index contributed by atoms with van der Waals surface area (Å²) in [6, 6.07) is 8.28. The molecule has 34 heavy (non-hydrogen) atoms. The minimum Gasteiger partial charge on any atom is -0.468 e. The number of carbonyl (C=O) groups is 4. The Morgan fingerprint density at radius 2 is 1.74 bits per heavy atom. The molecule has 0 spiro atoms. The molecule has 0 aromatic heterocycles. The van der Waals surface area contributed by atoms with Crippen LogP contribution in [0.4, 0.5) is 0 Å².